The molecule has 0 amide bonds. The molecule has 0 bridgehead atoms. The Kier molecular flexibility index (Phi) is 5.92. The van der Waals surface area contributed by atoms with Crippen LogP contribution in [0.3, 0.4) is 0 Å². The van der Waals surface area contributed by atoms with Gasteiger partial charge in [0.25, 0.3) is 5.69 Å². The van der Waals surface area contributed by atoms with Crippen molar-refractivity contribution in [2.75, 3.05) is 27.8 Å². The molecule has 0 saturated carbocycles. The topological polar surface area (TPSA) is 112 Å². The predicted molar refractivity (Wildman–Crippen MR) is 107 cm³/mol. The van der Waals surface area contributed by atoms with Gasteiger partial charge in [0.2, 0.25) is 0 Å². The lowest BCUT2D eigenvalue weighted by Gasteiger charge is -2.18. The number of ether oxygens (including phenoxy) is 2. The molecule has 1 saturated heterocycles. The Morgan fingerprint density at radius 2 is 2.00 bits per heavy atom. The highest BCUT2D eigenvalue weighted by molar-refractivity contribution is 7.19. The van der Waals surface area contributed by atoms with Crippen LogP contribution >= 0.6 is 11.3 Å². The summed E-state index contributed by atoms with van der Waals surface area (Å²) in [5.74, 6) is -1.33. The van der Waals surface area contributed by atoms with Gasteiger partial charge >= 0.3 is 11.9 Å². The number of carbonyl (C=O) groups excluding carboxylic acids is 2. The lowest BCUT2D eigenvalue weighted by Crippen LogP contribution is -2.21. The van der Waals surface area contributed by atoms with Crippen LogP contribution in [0.15, 0.2) is 35.0 Å². The Labute approximate surface area is 170 Å². The molecule has 152 valence electrons. The van der Waals surface area contributed by atoms with Gasteiger partial charge in [-0.25, -0.2) is 14.6 Å². The summed E-state index contributed by atoms with van der Waals surface area (Å²) in [6.07, 6.45) is 2.95. The predicted octanol–water partition coefficient (Wildman–Crippen LogP) is 2.91. The van der Waals surface area contributed by atoms with Gasteiger partial charge in [-0.15, -0.1) is 11.3 Å². The molecule has 9 nitrogen and oxygen atoms in total. The number of hydrogen-bond donors (Lipinski definition) is 0. The van der Waals surface area contributed by atoms with Gasteiger partial charge in [-0.3, -0.25) is 10.1 Å². The molecule has 1 fully saturated rings. The van der Waals surface area contributed by atoms with E-state index in [1.165, 1.54) is 43.8 Å². The average Bonchev–Trinajstić information content (AvgIpc) is 3.31. The third-order valence-corrected chi connectivity index (χ3v) is 5.55. The molecule has 1 aliphatic heterocycles. The van der Waals surface area contributed by atoms with Crippen molar-refractivity contribution >= 4 is 45.3 Å². The number of allylic oxidation sites excluding steroid dienone is 1. The molecular weight excluding hydrogens is 398 g/mol. The Morgan fingerprint density at radius 3 is 2.59 bits per heavy atom. The molecular formula is C19H19N3O6S. The highest BCUT2D eigenvalue weighted by Gasteiger charge is 2.30. The molecule has 2 heterocycles. The van der Waals surface area contributed by atoms with Crippen LogP contribution in [0, 0.1) is 10.1 Å². The van der Waals surface area contributed by atoms with Gasteiger partial charge in [-0.2, -0.15) is 0 Å². The summed E-state index contributed by atoms with van der Waals surface area (Å²) < 4.78 is 10.4. The Bertz CT molecular complexity index is 1060. The Hall–Kier alpha value is -3.27. The van der Waals surface area contributed by atoms with Crippen molar-refractivity contribution in [2.45, 2.75) is 12.8 Å². The monoisotopic (exact) mass is 417 g/mol. The molecule has 2 aromatic rings. The van der Waals surface area contributed by atoms with E-state index in [1.54, 1.807) is 6.07 Å². The molecule has 1 aromatic heterocycles. The minimum atomic E-state index is -0.691. The van der Waals surface area contributed by atoms with E-state index >= 15 is 0 Å². The van der Waals surface area contributed by atoms with Crippen molar-refractivity contribution in [1.82, 2.24) is 9.88 Å². The summed E-state index contributed by atoms with van der Waals surface area (Å²) in [5.41, 5.74) is 1.39. The van der Waals surface area contributed by atoms with Crippen molar-refractivity contribution in [2.24, 2.45) is 0 Å². The van der Waals surface area contributed by atoms with E-state index in [0.29, 0.717) is 27.3 Å². The number of carbonyl (C=O) groups is 2. The van der Waals surface area contributed by atoms with Gasteiger partial charge < -0.3 is 14.4 Å². The molecule has 3 rings (SSSR count). The number of thiazole rings is 1. The first kappa shape index (κ1) is 20.5. The van der Waals surface area contributed by atoms with Crippen LogP contribution in [0.4, 0.5) is 5.69 Å². The number of fused-ring (bicyclic) bond motifs is 1. The normalized spacial score (nSPS) is 16.1. The number of nitrogens with zero attached hydrogens (tertiary/aromatic N) is 3. The van der Waals surface area contributed by atoms with Crippen LogP contribution in [0.1, 0.15) is 17.8 Å². The lowest BCUT2D eigenvalue weighted by atomic mass is 10.0. The number of nitro groups is 1. The van der Waals surface area contributed by atoms with Crippen molar-refractivity contribution in [3.63, 3.8) is 0 Å². The van der Waals surface area contributed by atoms with Crippen LogP contribution < -0.4 is 0 Å². The number of aromatic nitrogens is 1. The number of rotatable bonds is 5. The Morgan fingerprint density at radius 1 is 1.28 bits per heavy atom. The van der Waals surface area contributed by atoms with E-state index in [4.69, 9.17) is 9.47 Å². The number of nitro benzene ring substituents is 1. The van der Waals surface area contributed by atoms with E-state index in [0.717, 1.165) is 13.0 Å². The van der Waals surface area contributed by atoms with Crippen LogP contribution in [-0.4, -0.2) is 54.6 Å². The molecule has 0 atom stereocenters. The first-order chi connectivity index (χ1) is 13.8. The molecule has 0 unspecified atom stereocenters. The fourth-order valence-corrected chi connectivity index (χ4v) is 4.13. The van der Waals surface area contributed by atoms with E-state index in [-0.39, 0.29) is 16.8 Å². The van der Waals surface area contributed by atoms with Crippen LogP contribution in [0.25, 0.3) is 16.3 Å². The number of methoxy groups -OCH3 is 2. The van der Waals surface area contributed by atoms with Crippen molar-refractivity contribution < 1.29 is 24.0 Å². The van der Waals surface area contributed by atoms with Gasteiger partial charge in [-0.1, -0.05) is 0 Å². The summed E-state index contributed by atoms with van der Waals surface area (Å²) in [7, 11) is 4.33. The highest BCUT2D eigenvalue weighted by Crippen LogP contribution is 2.32. The second-order valence-corrected chi connectivity index (χ2v) is 7.41. The molecule has 0 spiro atoms. The minimum absolute atomic E-state index is 0.0386. The minimum Gasteiger partial charge on any atom is -0.465 e. The van der Waals surface area contributed by atoms with Gasteiger partial charge in [0.05, 0.1) is 40.5 Å². The quantitative estimate of drug-likeness (QED) is 0.316. The summed E-state index contributed by atoms with van der Waals surface area (Å²) in [6.45, 7) is 0.759. The maximum absolute atomic E-state index is 12.5. The fraction of sp³-hybridized carbons (Fsp3) is 0.316. The van der Waals surface area contributed by atoms with Gasteiger partial charge in [0.1, 0.15) is 5.01 Å². The number of non-ortho nitro benzene ring substituents is 1. The summed E-state index contributed by atoms with van der Waals surface area (Å²) >= 11 is 1.18. The third-order valence-electron chi connectivity index (χ3n) is 4.59. The number of hydrogen-bond acceptors (Lipinski definition) is 9. The van der Waals surface area contributed by atoms with E-state index in [9.17, 15) is 19.7 Å². The van der Waals surface area contributed by atoms with Gasteiger partial charge in [0, 0.05) is 31.4 Å². The van der Waals surface area contributed by atoms with Crippen LogP contribution in [-0.2, 0) is 19.1 Å². The zero-order valence-corrected chi connectivity index (χ0v) is 16.9. The standard InChI is InChI=1S/C19H19N3O6S/c1-21-8-4-5-14(21)17(19(24)28-3)12(18(23)27-2)10-16-20-13-7-6-11(22(25)26)9-15(13)29-16/h6-7,9-10H,4-5,8H2,1-3H3/b12-10+,17-14-. The number of likely N-dealkylation sites (tertiary alicyclic amines) is 1. The van der Waals surface area contributed by atoms with Crippen molar-refractivity contribution in [1.29, 1.82) is 0 Å². The zero-order valence-electron chi connectivity index (χ0n) is 16.1. The van der Waals surface area contributed by atoms with Gasteiger partial charge in [-0.05, 0) is 25.0 Å². The highest BCUT2D eigenvalue weighted by atomic mass is 32.1. The number of esters is 2. The molecule has 10 heteroatoms. The SMILES string of the molecule is COC(=O)C(=C1/CCCN1C)/C(=C\c1nc2ccc([N+](=O)[O-])cc2s1)C(=O)OC. The maximum Gasteiger partial charge on any atom is 0.340 e. The first-order valence-electron chi connectivity index (χ1n) is 8.73. The largest absolute Gasteiger partial charge is 0.465 e. The van der Waals surface area contributed by atoms with Crippen molar-refractivity contribution in [3.05, 3.63) is 50.2 Å². The summed E-state index contributed by atoms with van der Waals surface area (Å²) in [6, 6.07) is 4.34. The number of benzene rings is 1. The van der Waals surface area contributed by atoms with Crippen LogP contribution in [0.2, 0.25) is 0 Å². The van der Waals surface area contributed by atoms with E-state index < -0.39 is 16.9 Å². The van der Waals surface area contributed by atoms with E-state index in [1.807, 2.05) is 11.9 Å². The summed E-state index contributed by atoms with van der Waals surface area (Å²) in [5, 5.41) is 11.4. The smallest absolute Gasteiger partial charge is 0.340 e. The average molecular weight is 417 g/mol. The first-order valence-corrected chi connectivity index (χ1v) is 9.55. The van der Waals surface area contributed by atoms with E-state index in [2.05, 4.69) is 4.98 Å². The summed E-state index contributed by atoms with van der Waals surface area (Å²) in [4.78, 5) is 41.9. The molecule has 1 aromatic carbocycles. The molecule has 0 aliphatic carbocycles. The molecule has 0 N–H and O–H groups in total. The zero-order chi connectivity index (χ0) is 21.1. The molecule has 29 heavy (non-hydrogen) atoms. The maximum atomic E-state index is 12.5. The second kappa shape index (κ2) is 8.39. The molecule has 0 radical (unpaired) electrons. The third kappa shape index (κ3) is 4.11. The molecule has 1 aliphatic rings. The lowest BCUT2D eigenvalue weighted by molar-refractivity contribution is -0.384. The Balaban J connectivity index is 2.16. The van der Waals surface area contributed by atoms with Crippen molar-refractivity contribution in [3.8, 4) is 0 Å². The fourth-order valence-electron chi connectivity index (χ4n) is 3.18. The second-order valence-electron chi connectivity index (χ2n) is 6.35. The van der Waals surface area contributed by atoms with Crippen LogP contribution in [0.5, 0.6) is 0 Å². The van der Waals surface area contributed by atoms with Gasteiger partial charge in [0.15, 0.2) is 0 Å².